The molecule has 0 amide bonds. The van der Waals surface area contributed by atoms with Gasteiger partial charge in [-0.3, -0.25) is 0 Å². The van der Waals surface area contributed by atoms with Crippen molar-refractivity contribution < 1.29 is 14.6 Å². The molecule has 1 aliphatic rings. The van der Waals surface area contributed by atoms with Crippen LogP contribution in [0.25, 0.3) is 0 Å². The zero-order chi connectivity index (χ0) is 13.4. The highest BCUT2D eigenvalue weighted by molar-refractivity contribution is 4.75. The van der Waals surface area contributed by atoms with Crippen molar-refractivity contribution in [1.82, 2.24) is 4.90 Å². The maximum atomic E-state index is 9.87. The van der Waals surface area contributed by atoms with E-state index in [2.05, 4.69) is 18.7 Å². The van der Waals surface area contributed by atoms with Gasteiger partial charge in [0.2, 0.25) is 0 Å². The summed E-state index contributed by atoms with van der Waals surface area (Å²) in [7, 11) is 1.65. The standard InChI is InChI=1S/C14H29NO3/c1-12(2)13-4-6-15(7-5-13)10-14(16)11-18-9-8-17-3/h12-14,16H,4-11H2,1-3H3. The molecule has 0 aliphatic carbocycles. The summed E-state index contributed by atoms with van der Waals surface area (Å²) in [6.07, 6.45) is 2.14. The molecule has 0 saturated carbocycles. The molecule has 1 aliphatic heterocycles. The predicted octanol–water partition coefficient (Wildman–Crippen LogP) is 1.38. The van der Waals surface area contributed by atoms with E-state index in [9.17, 15) is 5.11 Å². The lowest BCUT2D eigenvalue weighted by atomic mass is 9.87. The molecule has 1 fully saturated rings. The average Bonchev–Trinajstić information content (AvgIpc) is 2.35. The minimum absolute atomic E-state index is 0.377. The number of hydrogen-bond acceptors (Lipinski definition) is 4. The Morgan fingerprint density at radius 3 is 2.44 bits per heavy atom. The van der Waals surface area contributed by atoms with Crippen LogP contribution >= 0.6 is 0 Å². The van der Waals surface area contributed by atoms with Crippen molar-refractivity contribution in [1.29, 1.82) is 0 Å². The van der Waals surface area contributed by atoms with Crippen molar-refractivity contribution in [2.24, 2.45) is 11.8 Å². The maximum Gasteiger partial charge on any atom is 0.0900 e. The van der Waals surface area contributed by atoms with Crippen LogP contribution in [0.2, 0.25) is 0 Å². The predicted molar refractivity (Wildman–Crippen MR) is 72.7 cm³/mol. The molecule has 0 aromatic rings. The Balaban J connectivity index is 2.08. The Labute approximate surface area is 111 Å². The minimum atomic E-state index is -0.377. The minimum Gasteiger partial charge on any atom is -0.389 e. The molecule has 108 valence electrons. The van der Waals surface area contributed by atoms with E-state index in [1.54, 1.807) is 7.11 Å². The third-order valence-corrected chi connectivity index (χ3v) is 3.79. The fourth-order valence-electron chi connectivity index (χ4n) is 2.51. The number of β-amino-alcohol motifs (C(OH)–C–C–N with tert-alkyl or cyclic N) is 1. The van der Waals surface area contributed by atoms with Crippen LogP contribution in [0.15, 0.2) is 0 Å². The highest BCUT2D eigenvalue weighted by Gasteiger charge is 2.22. The van der Waals surface area contributed by atoms with Gasteiger partial charge in [-0.25, -0.2) is 0 Å². The number of nitrogens with zero attached hydrogens (tertiary/aromatic N) is 1. The molecule has 4 nitrogen and oxygen atoms in total. The molecule has 1 N–H and O–H groups in total. The first-order valence-electron chi connectivity index (χ1n) is 7.10. The van der Waals surface area contributed by atoms with Gasteiger partial charge in [-0.1, -0.05) is 13.8 Å². The van der Waals surface area contributed by atoms with E-state index in [-0.39, 0.29) is 6.10 Å². The van der Waals surface area contributed by atoms with E-state index in [0.29, 0.717) is 19.8 Å². The summed E-state index contributed by atoms with van der Waals surface area (Å²) in [6.45, 7) is 9.12. The van der Waals surface area contributed by atoms with E-state index in [4.69, 9.17) is 9.47 Å². The van der Waals surface area contributed by atoms with Crippen molar-refractivity contribution in [3.05, 3.63) is 0 Å². The van der Waals surface area contributed by atoms with Crippen LogP contribution in [0.3, 0.4) is 0 Å². The van der Waals surface area contributed by atoms with Gasteiger partial charge in [0.1, 0.15) is 0 Å². The number of hydrogen-bond donors (Lipinski definition) is 1. The zero-order valence-electron chi connectivity index (χ0n) is 12.1. The fourth-order valence-corrected chi connectivity index (χ4v) is 2.51. The molecule has 0 spiro atoms. The Bertz CT molecular complexity index is 203. The summed E-state index contributed by atoms with van der Waals surface area (Å²) in [5.74, 6) is 1.64. The lowest BCUT2D eigenvalue weighted by Crippen LogP contribution is -2.41. The third kappa shape index (κ3) is 6.14. The van der Waals surface area contributed by atoms with E-state index in [1.165, 1.54) is 12.8 Å². The third-order valence-electron chi connectivity index (χ3n) is 3.79. The number of aliphatic hydroxyl groups is 1. The van der Waals surface area contributed by atoms with Gasteiger partial charge in [-0.05, 0) is 37.8 Å². The second-order valence-corrected chi connectivity index (χ2v) is 5.60. The lowest BCUT2D eigenvalue weighted by molar-refractivity contribution is -0.00562. The Kier molecular flexibility index (Phi) is 7.82. The highest BCUT2D eigenvalue weighted by Crippen LogP contribution is 2.24. The van der Waals surface area contributed by atoms with Crippen molar-refractivity contribution >= 4 is 0 Å². The largest absolute Gasteiger partial charge is 0.389 e. The van der Waals surface area contributed by atoms with Gasteiger partial charge < -0.3 is 19.5 Å². The van der Waals surface area contributed by atoms with Crippen LogP contribution in [0.1, 0.15) is 26.7 Å². The maximum absolute atomic E-state index is 9.87. The van der Waals surface area contributed by atoms with Crippen LogP contribution in [0, 0.1) is 11.8 Å². The van der Waals surface area contributed by atoms with E-state index < -0.39 is 0 Å². The Morgan fingerprint density at radius 2 is 1.89 bits per heavy atom. The van der Waals surface area contributed by atoms with E-state index in [1.807, 2.05) is 0 Å². The molecule has 1 heterocycles. The first-order valence-corrected chi connectivity index (χ1v) is 7.10. The van der Waals surface area contributed by atoms with Gasteiger partial charge >= 0.3 is 0 Å². The summed E-state index contributed by atoms with van der Waals surface area (Å²) in [4.78, 5) is 2.35. The van der Waals surface area contributed by atoms with E-state index in [0.717, 1.165) is 31.5 Å². The van der Waals surface area contributed by atoms with Crippen molar-refractivity contribution in [3.63, 3.8) is 0 Å². The molecule has 4 heteroatoms. The van der Waals surface area contributed by atoms with Crippen molar-refractivity contribution in [3.8, 4) is 0 Å². The summed E-state index contributed by atoms with van der Waals surface area (Å²) in [6, 6.07) is 0. The Hall–Kier alpha value is -0.160. The van der Waals surface area contributed by atoms with E-state index >= 15 is 0 Å². The summed E-state index contributed by atoms with van der Waals surface area (Å²) in [5.41, 5.74) is 0. The quantitative estimate of drug-likeness (QED) is 0.669. The number of methoxy groups -OCH3 is 1. The average molecular weight is 259 g/mol. The zero-order valence-corrected chi connectivity index (χ0v) is 12.1. The van der Waals surface area contributed by atoms with Gasteiger partial charge in [-0.15, -0.1) is 0 Å². The molecule has 0 radical (unpaired) electrons. The van der Waals surface area contributed by atoms with Gasteiger partial charge in [0.25, 0.3) is 0 Å². The molecule has 18 heavy (non-hydrogen) atoms. The van der Waals surface area contributed by atoms with Gasteiger partial charge in [0.15, 0.2) is 0 Å². The summed E-state index contributed by atoms with van der Waals surface area (Å²) in [5, 5.41) is 9.87. The SMILES string of the molecule is COCCOCC(O)CN1CCC(C(C)C)CC1. The topological polar surface area (TPSA) is 41.9 Å². The second-order valence-electron chi connectivity index (χ2n) is 5.60. The number of ether oxygens (including phenoxy) is 2. The second kappa shape index (κ2) is 8.86. The normalized spacial score (nSPS) is 20.5. The molecule has 0 aromatic carbocycles. The summed E-state index contributed by atoms with van der Waals surface area (Å²) >= 11 is 0. The van der Waals surface area contributed by atoms with Crippen LogP contribution in [-0.4, -0.2) is 62.7 Å². The van der Waals surface area contributed by atoms with Gasteiger partial charge in [0, 0.05) is 13.7 Å². The monoisotopic (exact) mass is 259 g/mol. The number of likely N-dealkylation sites (tertiary alicyclic amines) is 1. The van der Waals surface area contributed by atoms with Crippen LogP contribution < -0.4 is 0 Å². The van der Waals surface area contributed by atoms with Crippen molar-refractivity contribution in [2.45, 2.75) is 32.8 Å². The first-order chi connectivity index (χ1) is 8.63. The van der Waals surface area contributed by atoms with Gasteiger partial charge in [0.05, 0.1) is 25.9 Å². The van der Waals surface area contributed by atoms with Crippen LogP contribution in [-0.2, 0) is 9.47 Å². The number of piperidine rings is 1. The molecule has 1 rings (SSSR count). The molecule has 0 bridgehead atoms. The van der Waals surface area contributed by atoms with Crippen molar-refractivity contribution in [2.75, 3.05) is 46.6 Å². The fraction of sp³-hybridized carbons (Fsp3) is 1.00. The number of rotatable bonds is 8. The van der Waals surface area contributed by atoms with Gasteiger partial charge in [-0.2, -0.15) is 0 Å². The molecule has 0 aromatic heterocycles. The smallest absolute Gasteiger partial charge is 0.0900 e. The molecular weight excluding hydrogens is 230 g/mol. The molecule has 1 atom stereocenters. The highest BCUT2D eigenvalue weighted by atomic mass is 16.5. The lowest BCUT2D eigenvalue weighted by Gasteiger charge is -2.34. The number of aliphatic hydroxyl groups excluding tert-OH is 1. The molecule has 1 unspecified atom stereocenters. The van der Waals surface area contributed by atoms with Crippen LogP contribution in [0.4, 0.5) is 0 Å². The Morgan fingerprint density at radius 1 is 1.22 bits per heavy atom. The van der Waals surface area contributed by atoms with Crippen LogP contribution in [0.5, 0.6) is 0 Å². The first kappa shape index (κ1) is 15.9. The summed E-state index contributed by atoms with van der Waals surface area (Å²) < 4.78 is 10.2. The molecule has 1 saturated heterocycles. The molecular formula is C14H29NO3.